The molecule has 1 aromatic heterocycles. The van der Waals surface area contributed by atoms with Gasteiger partial charge < -0.3 is 10.1 Å². The molecule has 2 aromatic rings. The number of nitrogens with one attached hydrogen (secondary N) is 1. The Balaban J connectivity index is 1.46. The second-order valence-corrected chi connectivity index (χ2v) is 8.95. The summed E-state index contributed by atoms with van der Waals surface area (Å²) in [6.07, 6.45) is 4.21. The van der Waals surface area contributed by atoms with Crippen LogP contribution in [-0.4, -0.2) is 55.1 Å². The number of aromatic nitrogens is 1. The zero-order valence-electron chi connectivity index (χ0n) is 16.1. The van der Waals surface area contributed by atoms with Crippen LogP contribution in [0.2, 0.25) is 0 Å². The molecule has 7 nitrogen and oxygen atoms in total. The van der Waals surface area contributed by atoms with Gasteiger partial charge >= 0.3 is 0 Å². The number of carbonyl (C=O) groups is 1. The van der Waals surface area contributed by atoms with Crippen molar-refractivity contribution in [2.24, 2.45) is 0 Å². The van der Waals surface area contributed by atoms with E-state index in [2.05, 4.69) is 10.3 Å². The van der Waals surface area contributed by atoms with Gasteiger partial charge in [0.05, 0.1) is 12.4 Å². The van der Waals surface area contributed by atoms with Gasteiger partial charge in [0.2, 0.25) is 15.9 Å². The largest absolute Gasteiger partial charge is 0.491 e. The van der Waals surface area contributed by atoms with Crippen LogP contribution in [0, 0.1) is 0 Å². The summed E-state index contributed by atoms with van der Waals surface area (Å²) in [5.41, 5.74) is 0.816. The van der Waals surface area contributed by atoms with Crippen molar-refractivity contribution in [3.63, 3.8) is 0 Å². The summed E-state index contributed by atoms with van der Waals surface area (Å²) in [5.74, 6) is 0.588. The van der Waals surface area contributed by atoms with E-state index >= 15 is 0 Å². The topological polar surface area (TPSA) is 88.6 Å². The number of ether oxygens (including phenoxy) is 1. The van der Waals surface area contributed by atoms with Crippen LogP contribution < -0.4 is 10.1 Å². The van der Waals surface area contributed by atoms with Gasteiger partial charge in [-0.25, -0.2) is 8.42 Å². The lowest BCUT2D eigenvalue weighted by atomic mass is 10.2. The second-order valence-electron chi connectivity index (χ2n) is 6.91. The number of nitrogens with zero attached hydrogens (tertiary/aromatic N) is 2. The molecule has 0 aliphatic carbocycles. The van der Waals surface area contributed by atoms with Crippen molar-refractivity contribution >= 4 is 26.8 Å². The zero-order chi connectivity index (χ0) is 20.0. The molecule has 1 aliphatic heterocycles. The molecule has 1 N–H and O–H groups in total. The molecule has 1 fully saturated rings. The quantitative estimate of drug-likeness (QED) is 0.647. The molecule has 3 rings (SSSR count). The average Bonchev–Trinajstić information content (AvgIpc) is 3.19. The monoisotopic (exact) mass is 405 g/mol. The van der Waals surface area contributed by atoms with Crippen molar-refractivity contribution < 1.29 is 17.9 Å². The number of pyridine rings is 1. The van der Waals surface area contributed by atoms with E-state index in [9.17, 15) is 13.2 Å². The highest BCUT2D eigenvalue weighted by atomic mass is 32.2. The Hall–Kier alpha value is -2.19. The van der Waals surface area contributed by atoms with Crippen LogP contribution in [-0.2, 0) is 14.8 Å². The number of benzene rings is 1. The fraction of sp³-hybridized carbons (Fsp3) is 0.500. The summed E-state index contributed by atoms with van der Waals surface area (Å²) in [4.78, 5) is 16.8. The second kappa shape index (κ2) is 9.34. The lowest BCUT2D eigenvalue weighted by molar-refractivity contribution is -0.124. The number of hydrogen-bond acceptors (Lipinski definition) is 5. The predicted octanol–water partition coefficient (Wildman–Crippen LogP) is 2.32. The third-order valence-electron chi connectivity index (χ3n) is 4.80. The minimum Gasteiger partial charge on any atom is -0.491 e. The molecule has 2 heterocycles. The lowest BCUT2D eigenvalue weighted by Crippen LogP contribution is -2.46. The molecule has 1 aromatic carbocycles. The maximum absolute atomic E-state index is 12.4. The summed E-state index contributed by atoms with van der Waals surface area (Å²) in [5, 5.41) is 3.87. The first-order valence-electron chi connectivity index (χ1n) is 9.76. The Morgan fingerprint density at radius 3 is 2.96 bits per heavy atom. The zero-order valence-corrected chi connectivity index (χ0v) is 17.0. The first kappa shape index (κ1) is 20.5. The summed E-state index contributed by atoms with van der Waals surface area (Å²) in [6, 6.07) is 9.06. The van der Waals surface area contributed by atoms with Crippen molar-refractivity contribution in [3.05, 3.63) is 36.5 Å². The maximum atomic E-state index is 12.4. The molecule has 152 valence electrons. The molecular weight excluding hydrogens is 378 g/mol. The van der Waals surface area contributed by atoms with Gasteiger partial charge in [-0.2, -0.15) is 4.31 Å². The van der Waals surface area contributed by atoms with Crippen LogP contribution in [0.15, 0.2) is 36.5 Å². The third kappa shape index (κ3) is 4.80. The molecule has 1 atom stereocenters. The Kier molecular flexibility index (Phi) is 6.85. The minimum atomic E-state index is -3.36. The highest BCUT2D eigenvalue weighted by Crippen LogP contribution is 2.23. The van der Waals surface area contributed by atoms with Gasteiger partial charge in [-0.1, -0.05) is 25.1 Å². The number of amides is 1. The predicted molar refractivity (Wildman–Crippen MR) is 109 cm³/mol. The molecule has 0 spiro atoms. The number of sulfonamides is 1. The van der Waals surface area contributed by atoms with Gasteiger partial charge in [0, 0.05) is 24.7 Å². The first-order chi connectivity index (χ1) is 13.5. The minimum absolute atomic E-state index is 0.0870. The maximum Gasteiger partial charge on any atom is 0.238 e. The number of carbonyl (C=O) groups excluding carboxylic acids is 1. The van der Waals surface area contributed by atoms with E-state index in [1.54, 1.807) is 6.20 Å². The molecule has 0 bridgehead atoms. The summed E-state index contributed by atoms with van der Waals surface area (Å²) < 4.78 is 31.8. The molecule has 1 saturated heterocycles. The number of rotatable bonds is 9. The molecule has 8 heteroatoms. The van der Waals surface area contributed by atoms with Crippen LogP contribution >= 0.6 is 0 Å². The highest BCUT2D eigenvalue weighted by Gasteiger charge is 2.37. The van der Waals surface area contributed by atoms with E-state index in [0.717, 1.165) is 23.1 Å². The van der Waals surface area contributed by atoms with E-state index in [4.69, 9.17) is 4.74 Å². The molecular formula is C20H27N3O4S. The van der Waals surface area contributed by atoms with Gasteiger partial charge in [-0.05, 0) is 37.8 Å². The van der Waals surface area contributed by atoms with Gasteiger partial charge in [0.15, 0.2) is 0 Å². The standard InChI is InChI=1S/C20H27N3O4S/c1-2-15-28(25,26)23-13-5-9-17(23)20(24)22-12-6-14-27-18-10-3-7-16-8-4-11-21-19(16)18/h3-4,7-8,10-11,17H,2,5-6,9,12-15H2,1H3,(H,22,24). The van der Waals surface area contributed by atoms with Gasteiger partial charge in [-0.15, -0.1) is 0 Å². The fourth-order valence-corrected chi connectivity index (χ4v) is 5.23. The van der Waals surface area contributed by atoms with Crippen molar-refractivity contribution in [1.29, 1.82) is 0 Å². The molecule has 1 unspecified atom stereocenters. The number of hydrogen-bond donors (Lipinski definition) is 1. The van der Waals surface area contributed by atoms with E-state index in [1.165, 1.54) is 4.31 Å². The fourth-order valence-electron chi connectivity index (χ4n) is 3.49. The van der Waals surface area contributed by atoms with Crippen LogP contribution in [0.4, 0.5) is 0 Å². The lowest BCUT2D eigenvalue weighted by Gasteiger charge is -2.23. The highest BCUT2D eigenvalue weighted by molar-refractivity contribution is 7.89. The number of para-hydroxylation sites is 1. The van der Waals surface area contributed by atoms with E-state index in [1.807, 2.05) is 37.3 Å². The molecule has 0 radical (unpaired) electrons. The summed E-state index contributed by atoms with van der Waals surface area (Å²) >= 11 is 0. The van der Waals surface area contributed by atoms with Crippen molar-refractivity contribution in [2.45, 2.75) is 38.6 Å². The third-order valence-corrected chi connectivity index (χ3v) is 6.88. The van der Waals surface area contributed by atoms with Crippen molar-refractivity contribution in [1.82, 2.24) is 14.6 Å². The van der Waals surface area contributed by atoms with Gasteiger partial charge in [-0.3, -0.25) is 9.78 Å². The number of fused-ring (bicyclic) bond motifs is 1. The van der Waals surface area contributed by atoms with E-state index in [-0.39, 0.29) is 11.7 Å². The summed E-state index contributed by atoms with van der Waals surface area (Å²) in [7, 11) is -3.36. The van der Waals surface area contributed by atoms with Crippen LogP contribution in [0.5, 0.6) is 5.75 Å². The van der Waals surface area contributed by atoms with Gasteiger partial charge in [0.1, 0.15) is 17.3 Å². The normalized spacial score (nSPS) is 17.7. The Bertz CT molecular complexity index is 911. The SMILES string of the molecule is CCCS(=O)(=O)N1CCCC1C(=O)NCCCOc1cccc2cccnc12. The van der Waals surface area contributed by atoms with Gasteiger partial charge in [0.25, 0.3) is 0 Å². The van der Waals surface area contributed by atoms with Crippen LogP contribution in [0.3, 0.4) is 0 Å². The Morgan fingerprint density at radius 1 is 1.32 bits per heavy atom. The Morgan fingerprint density at radius 2 is 2.14 bits per heavy atom. The summed E-state index contributed by atoms with van der Waals surface area (Å²) in [6.45, 7) is 3.14. The van der Waals surface area contributed by atoms with Crippen LogP contribution in [0.25, 0.3) is 10.9 Å². The molecule has 0 saturated carbocycles. The van der Waals surface area contributed by atoms with E-state index < -0.39 is 16.1 Å². The van der Waals surface area contributed by atoms with Crippen LogP contribution in [0.1, 0.15) is 32.6 Å². The smallest absolute Gasteiger partial charge is 0.238 e. The Labute approximate surface area is 166 Å². The average molecular weight is 406 g/mol. The molecule has 1 amide bonds. The molecule has 1 aliphatic rings. The van der Waals surface area contributed by atoms with Crippen molar-refractivity contribution in [2.75, 3.05) is 25.4 Å². The first-order valence-corrected chi connectivity index (χ1v) is 11.4. The molecule has 28 heavy (non-hydrogen) atoms. The van der Waals surface area contributed by atoms with E-state index in [0.29, 0.717) is 39.0 Å². The van der Waals surface area contributed by atoms with Crippen molar-refractivity contribution in [3.8, 4) is 5.75 Å².